The molecule has 4 N–H and O–H groups in total. The van der Waals surface area contributed by atoms with Crippen LogP contribution in [0.2, 0.25) is 0 Å². The van der Waals surface area contributed by atoms with Gasteiger partial charge in [0.05, 0.1) is 6.10 Å². The Morgan fingerprint density at radius 2 is 1.85 bits per heavy atom. The minimum atomic E-state index is -1.54. The van der Waals surface area contributed by atoms with Gasteiger partial charge in [0, 0.05) is 47.8 Å². The molecule has 8 atom stereocenters. The van der Waals surface area contributed by atoms with Gasteiger partial charge in [-0.3, -0.25) is 14.4 Å². The second-order valence-electron chi connectivity index (χ2n) is 11.7. The van der Waals surface area contributed by atoms with Crippen molar-refractivity contribution in [3.8, 4) is 0 Å². The van der Waals surface area contributed by atoms with Crippen LogP contribution in [-0.4, -0.2) is 50.9 Å². The fraction of sp³-hybridized carbons (Fsp3) is 0.469. The zero-order valence-electron chi connectivity index (χ0n) is 22.8. The summed E-state index contributed by atoms with van der Waals surface area (Å²) in [5, 5.41) is 26.3. The van der Waals surface area contributed by atoms with Crippen molar-refractivity contribution in [2.45, 2.75) is 64.7 Å². The van der Waals surface area contributed by atoms with E-state index in [4.69, 9.17) is 0 Å². The lowest BCUT2D eigenvalue weighted by Crippen LogP contribution is -2.58. The van der Waals surface area contributed by atoms with Crippen LogP contribution in [0.3, 0.4) is 0 Å². The van der Waals surface area contributed by atoms with E-state index in [0.29, 0.717) is 24.0 Å². The van der Waals surface area contributed by atoms with Gasteiger partial charge in [-0.2, -0.15) is 0 Å². The fourth-order valence-electron chi connectivity index (χ4n) is 7.30. The van der Waals surface area contributed by atoms with Crippen LogP contribution in [0.1, 0.15) is 45.6 Å². The molecule has 0 unspecified atom stereocenters. The number of benzene rings is 1. The lowest BCUT2D eigenvalue weighted by Gasteiger charge is -2.49. The van der Waals surface area contributed by atoms with Crippen molar-refractivity contribution in [1.82, 2.24) is 10.3 Å². The minimum Gasteiger partial charge on any atom is -0.388 e. The molecule has 2 fully saturated rings. The number of carbonyl (C=O) groups is 3. The Morgan fingerprint density at radius 1 is 1.10 bits per heavy atom. The third kappa shape index (κ3) is 4.42. The highest BCUT2D eigenvalue weighted by atomic mass is 16.3. The molecule has 5 rings (SSSR count). The summed E-state index contributed by atoms with van der Waals surface area (Å²) in [6, 6.07) is 7.60. The van der Waals surface area contributed by atoms with Gasteiger partial charge < -0.3 is 20.5 Å². The lowest BCUT2D eigenvalue weighted by molar-refractivity contribution is -0.152. The molecule has 2 heterocycles. The maximum Gasteiger partial charge on any atom is 0.235 e. The number of Topliss-reactive ketones (excluding diaryl/α,β-unsaturated/α-hetero) is 2. The first-order valence-electron chi connectivity index (χ1n) is 13.9. The SMILES string of the molecule is C=C1[C@@H](C)[C@H]2[C@H](Cc3c[nH]c4ccccc34)NC(=O)[C@]23C(=O)CCC(=O)[C@H](O)/C(C)=C/[C@@H](C)C/C=C/[C@H]3[C@@H]1O. The quantitative estimate of drug-likeness (QED) is 0.348. The van der Waals surface area contributed by atoms with Crippen molar-refractivity contribution in [3.63, 3.8) is 0 Å². The Labute approximate surface area is 229 Å². The van der Waals surface area contributed by atoms with Crippen molar-refractivity contribution in [2.75, 3.05) is 0 Å². The van der Waals surface area contributed by atoms with Crippen LogP contribution in [-0.2, 0) is 20.8 Å². The number of hydrogen-bond donors (Lipinski definition) is 4. The Hall–Kier alpha value is -3.29. The van der Waals surface area contributed by atoms with Crippen LogP contribution >= 0.6 is 0 Å². The van der Waals surface area contributed by atoms with Gasteiger partial charge in [-0.15, -0.1) is 0 Å². The van der Waals surface area contributed by atoms with Gasteiger partial charge in [0.1, 0.15) is 17.3 Å². The number of fused-ring (bicyclic) bond motifs is 1. The molecule has 1 saturated carbocycles. The first-order valence-corrected chi connectivity index (χ1v) is 13.9. The second-order valence-corrected chi connectivity index (χ2v) is 11.7. The van der Waals surface area contributed by atoms with Crippen molar-refractivity contribution in [1.29, 1.82) is 0 Å². The van der Waals surface area contributed by atoms with Crippen molar-refractivity contribution in [3.05, 3.63) is 72.0 Å². The first-order chi connectivity index (χ1) is 18.6. The minimum absolute atomic E-state index is 0.0155. The molecular weight excluding hydrogens is 492 g/mol. The number of aromatic amines is 1. The summed E-state index contributed by atoms with van der Waals surface area (Å²) >= 11 is 0. The smallest absolute Gasteiger partial charge is 0.235 e. The first kappa shape index (κ1) is 27.3. The summed E-state index contributed by atoms with van der Waals surface area (Å²) in [6.07, 6.45) is 5.90. The predicted octanol–water partition coefficient (Wildman–Crippen LogP) is 3.82. The predicted molar refractivity (Wildman–Crippen MR) is 150 cm³/mol. The number of rotatable bonds is 2. The maximum atomic E-state index is 14.2. The lowest BCUT2D eigenvalue weighted by atomic mass is 9.51. The number of H-pyrrole nitrogens is 1. The number of para-hydroxylation sites is 1. The second kappa shape index (κ2) is 10.4. The summed E-state index contributed by atoms with van der Waals surface area (Å²) < 4.78 is 0. The Bertz CT molecular complexity index is 1390. The van der Waals surface area contributed by atoms with E-state index in [-0.39, 0.29) is 36.5 Å². The zero-order valence-corrected chi connectivity index (χ0v) is 22.8. The Balaban J connectivity index is 1.60. The molecule has 1 spiro atoms. The molecule has 3 aliphatic rings. The Kier molecular flexibility index (Phi) is 7.25. The van der Waals surface area contributed by atoms with E-state index in [0.717, 1.165) is 16.5 Å². The standard InChI is InChI=1S/C32H38N2O5/c1-17-8-7-10-23-30(38)20(4)19(3)28-25(15-21-16-33-24-11-6-5-9-22(21)24)34-31(39)32(23,28)27(36)13-12-26(35)29(37)18(2)14-17/h5-7,9-11,14,16-17,19,23,25,28-30,33,37-38H,4,8,12-13,15H2,1-3H3,(H,34,39)/b10-7+,18-14+/t17-,19+,23-,25-,28-,29+,30+,32+/m0/s1. The van der Waals surface area contributed by atoms with Gasteiger partial charge in [-0.1, -0.05) is 56.9 Å². The van der Waals surface area contributed by atoms with Crippen molar-refractivity contribution < 1.29 is 24.6 Å². The number of hydrogen-bond acceptors (Lipinski definition) is 5. The third-order valence-electron chi connectivity index (χ3n) is 9.33. The molecule has 7 heteroatoms. The van der Waals surface area contributed by atoms with Crippen LogP contribution in [0.4, 0.5) is 0 Å². The summed E-state index contributed by atoms with van der Waals surface area (Å²) in [5.41, 5.74) is 1.66. The van der Waals surface area contributed by atoms with Gasteiger partial charge in [0.2, 0.25) is 5.91 Å². The molecule has 2 aromatic rings. The summed E-state index contributed by atoms with van der Waals surface area (Å²) in [5.74, 6) is -2.77. The van der Waals surface area contributed by atoms with Crippen LogP contribution in [0.15, 0.2) is 66.4 Å². The van der Waals surface area contributed by atoms with Gasteiger partial charge in [-0.25, -0.2) is 0 Å². The van der Waals surface area contributed by atoms with E-state index in [9.17, 15) is 24.6 Å². The maximum absolute atomic E-state index is 14.2. The molecule has 7 nitrogen and oxygen atoms in total. The summed E-state index contributed by atoms with van der Waals surface area (Å²) in [4.78, 5) is 44.4. The van der Waals surface area contributed by atoms with Crippen molar-refractivity contribution >= 4 is 28.4 Å². The molecular formula is C32H38N2O5. The highest BCUT2D eigenvalue weighted by molar-refractivity contribution is 6.10. The molecule has 206 valence electrons. The number of aliphatic hydroxyl groups is 2. The van der Waals surface area contributed by atoms with Crippen LogP contribution in [0, 0.1) is 29.1 Å². The monoisotopic (exact) mass is 530 g/mol. The van der Waals surface area contributed by atoms with E-state index < -0.39 is 41.1 Å². The molecule has 0 radical (unpaired) electrons. The third-order valence-corrected chi connectivity index (χ3v) is 9.33. The fourth-order valence-corrected chi connectivity index (χ4v) is 7.30. The summed E-state index contributed by atoms with van der Waals surface area (Å²) in [6.45, 7) is 9.83. The molecule has 1 aromatic carbocycles. The molecule has 1 amide bonds. The van der Waals surface area contributed by atoms with Crippen LogP contribution in [0.25, 0.3) is 10.9 Å². The van der Waals surface area contributed by atoms with Gasteiger partial charge in [0.25, 0.3) is 0 Å². The van der Waals surface area contributed by atoms with Crippen LogP contribution in [0.5, 0.6) is 0 Å². The van der Waals surface area contributed by atoms with Gasteiger partial charge in [-0.05, 0) is 54.4 Å². The highest BCUT2D eigenvalue weighted by Gasteiger charge is 2.68. The topological polar surface area (TPSA) is 119 Å². The molecule has 1 aliphatic heterocycles. The van der Waals surface area contributed by atoms with Gasteiger partial charge >= 0.3 is 0 Å². The molecule has 2 aliphatic carbocycles. The Morgan fingerprint density at radius 3 is 2.62 bits per heavy atom. The number of nitrogens with one attached hydrogen (secondary N) is 2. The van der Waals surface area contributed by atoms with E-state index in [1.807, 2.05) is 62.5 Å². The zero-order chi connectivity index (χ0) is 28.1. The van der Waals surface area contributed by atoms with Crippen molar-refractivity contribution in [2.24, 2.45) is 29.1 Å². The average molecular weight is 531 g/mol. The largest absolute Gasteiger partial charge is 0.388 e. The molecule has 1 saturated heterocycles. The molecule has 0 bridgehead atoms. The van der Waals surface area contributed by atoms with E-state index in [1.165, 1.54) is 0 Å². The molecule has 1 aromatic heterocycles. The number of aromatic nitrogens is 1. The molecule has 39 heavy (non-hydrogen) atoms. The number of carbonyl (C=O) groups excluding carboxylic acids is 3. The van der Waals surface area contributed by atoms with Gasteiger partial charge in [0.15, 0.2) is 5.78 Å². The summed E-state index contributed by atoms with van der Waals surface area (Å²) in [7, 11) is 0. The number of allylic oxidation sites excluding steroid dienone is 2. The van der Waals surface area contributed by atoms with Crippen LogP contribution < -0.4 is 5.32 Å². The highest BCUT2D eigenvalue weighted by Crippen LogP contribution is 2.57. The number of amides is 1. The van der Waals surface area contributed by atoms with E-state index in [2.05, 4.69) is 16.9 Å². The van der Waals surface area contributed by atoms with E-state index >= 15 is 0 Å². The van der Waals surface area contributed by atoms with E-state index in [1.54, 1.807) is 6.92 Å². The number of ketones is 2. The normalized spacial score (nSPS) is 38.1. The number of aliphatic hydroxyl groups excluding tert-OH is 2. The average Bonchev–Trinajstić information content (AvgIpc) is 3.45.